The third kappa shape index (κ3) is 8.57. The fourth-order valence-electron chi connectivity index (χ4n) is 4.64. The molecule has 0 saturated carbocycles. The zero-order valence-corrected chi connectivity index (χ0v) is 24.6. The maximum atomic E-state index is 14.9. The van der Waals surface area contributed by atoms with Gasteiger partial charge in [-0.25, -0.2) is 30.7 Å². The molecule has 3 aromatic rings. The number of alkyl halides is 6. The minimum atomic E-state index is -5.26. The Morgan fingerprint density at radius 3 is 1.94 bits per heavy atom. The molecule has 0 aliphatic heterocycles. The first-order valence-corrected chi connectivity index (χ1v) is 14.2. The molecule has 0 aromatic heterocycles. The molecular formula is C35H22F12O. The van der Waals surface area contributed by atoms with Crippen molar-refractivity contribution in [3.8, 4) is 29.4 Å². The van der Waals surface area contributed by atoms with Crippen molar-refractivity contribution in [1.29, 1.82) is 0 Å². The van der Waals surface area contributed by atoms with Crippen LogP contribution >= 0.6 is 0 Å². The van der Waals surface area contributed by atoms with Gasteiger partial charge in [-0.15, -0.1) is 0 Å². The van der Waals surface area contributed by atoms with Gasteiger partial charge in [0.25, 0.3) is 0 Å². The molecule has 0 amide bonds. The van der Waals surface area contributed by atoms with Crippen molar-refractivity contribution in [2.24, 2.45) is 5.92 Å². The van der Waals surface area contributed by atoms with Crippen molar-refractivity contribution in [3.63, 3.8) is 0 Å². The van der Waals surface area contributed by atoms with E-state index in [2.05, 4.69) is 16.6 Å². The molecule has 13 heteroatoms. The summed E-state index contributed by atoms with van der Waals surface area (Å²) >= 11 is 0. The Balaban J connectivity index is 1.52. The highest BCUT2D eigenvalue weighted by Gasteiger charge is 2.49. The van der Waals surface area contributed by atoms with Gasteiger partial charge in [-0.2, -0.15) is 22.0 Å². The first kappa shape index (κ1) is 36.1. The summed E-state index contributed by atoms with van der Waals surface area (Å²) in [5.74, 6) is -5.61. The third-order valence-corrected chi connectivity index (χ3v) is 6.97. The summed E-state index contributed by atoms with van der Waals surface area (Å²) in [6.07, 6.45) is -9.04. The second-order valence-corrected chi connectivity index (χ2v) is 10.6. The molecule has 1 nitrogen and oxygen atoms in total. The lowest BCUT2D eigenvalue weighted by atomic mass is 9.93. The molecule has 2 atom stereocenters. The van der Waals surface area contributed by atoms with E-state index in [-0.39, 0.29) is 29.8 Å². The highest BCUT2D eigenvalue weighted by Crippen LogP contribution is 2.40. The van der Waals surface area contributed by atoms with Crippen LogP contribution in [0.5, 0.6) is 5.75 Å². The van der Waals surface area contributed by atoms with Crippen molar-refractivity contribution in [2.75, 3.05) is 0 Å². The van der Waals surface area contributed by atoms with Crippen molar-refractivity contribution in [1.82, 2.24) is 0 Å². The average molecular weight is 687 g/mol. The molecule has 0 bridgehead atoms. The molecule has 0 spiro atoms. The lowest BCUT2D eigenvalue weighted by Gasteiger charge is -2.23. The molecule has 252 valence electrons. The fraction of sp³-hybridized carbons (Fsp3) is 0.257. The zero-order chi connectivity index (χ0) is 35.4. The average Bonchev–Trinajstić information content (AvgIpc) is 2.94. The summed E-state index contributed by atoms with van der Waals surface area (Å²) in [6, 6.07) is 5.48. The first-order valence-electron chi connectivity index (χ1n) is 14.2. The van der Waals surface area contributed by atoms with Gasteiger partial charge in [0, 0.05) is 23.3 Å². The number of hydrogen-bond acceptors (Lipinski definition) is 1. The van der Waals surface area contributed by atoms with Crippen LogP contribution in [0.4, 0.5) is 52.7 Å². The number of hydrogen-bond donors (Lipinski definition) is 0. The predicted octanol–water partition coefficient (Wildman–Crippen LogP) is 10.3. The first-order chi connectivity index (χ1) is 22.5. The van der Waals surface area contributed by atoms with Crippen LogP contribution in [0.3, 0.4) is 0 Å². The molecule has 2 unspecified atom stereocenters. The quantitative estimate of drug-likeness (QED) is 0.137. The van der Waals surface area contributed by atoms with Crippen LogP contribution < -0.4 is 4.74 Å². The lowest BCUT2D eigenvalue weighted by molar-refractivity contribution is -0.189. The number of allylic oxidation sites excluding steroid dienone is 4. The Kier molecular flexibility index (Phi) is 10.9. The van der Waals surface area contributed by atoms with Crippen LogP contribution in [0.1, 0.15) is 54.0 Å². The van der Waals surface area contributed by atoms with Gasteiger partial charge in [-0.3, -0.25) is 0 Å². The Morgan fingerprint density at radius 2 is 1.38 bits per heavy atom. The van der Waals surface area contributed by atoms with E-state index in [0.717, 1.165) is 24.8 Å². The van der Waals surface area contributed by atoms with E-state index >= 15 is 0 Å². The summed E-state index contributed by atoms with van der Waals surface area (Å²) in [5.41, 5.74) is -3.58. The number of unbranched alkanes of at least 4 members (excludes halogenated alkanes) is 2. The van der Waals surface area contributed by atoms with Crippen molar-refractivity contribution >= 4 is 0 Å². The van der Waals surface area contributed by atoms with E-state index in [1.807, 2.05) is 12.8 Å². The Hall–Kier alpha value is -4.78. The van der Waals surface area contributed by atoms with Gasteiger partial charge in [0.2, 0.25) is 0 Å². The van der Waals surface area contributed by atoms with Crippen LogP contribution in [0, 0.1) is 58.7 Å². The maximum Gasteiger partial charge on any atom is 0.432 e. The van der Waals surface area contributed by atoms with E-state index in [0.29, 0.717) is 18.6 Å². The van der Waals surface area contributed by atoms with E-state index in [1.54, 1.807) is 12.0 Å². The topological polar surface area (TPSA) is 9.23 Å². The van der Waals surface area contributed by atoms with Gasteiger partial charge in [0.1, 0.15) is 58.3 Å². The van der Waals surface area contributed by atoms with Gasteiger partial charge in [-0.05, 0) is 54.8 Å². The largest absolute Gasteiger partial charge is 0.432 e. The van der Waals surface area contributed by atoms with Crippen molar-refractivity contribution in [2.45, 2.75) is 51.1 Å². The number of aryl methyl sites for hydroxylation is 1. The molecule has 0 fully saturated rings. The van der Waals surface area contributed by atoms with Crippen molar-refractivity contribution < 1.29 is 57.4 Å². The molecule has 3 aromatic carbocycles. The Morgan fingerprint density at radius 1 is 0.729 bits per heavy atom. The summed E-state index contributed by atoms with van der Waals surface area (Å²) in [5, 5.41) is 0. The minimum absolute atomic E-state index is 0.106. The van der Waals surface area contributed by atoms with Gasteiger partial charge >= 0.3 is 12.3 Å². The van der Waals surface area contributed by atoms with Gasteiger partial charge in [0.15, 0.2) is 0 Å². The Labute approximate surface area is 266 Å². The molecular weight excluding hydrogens is 664 g/mol. The second-order valence-electron chi connectivity index (χ2n) is 10.6. The van der Waals surface area contributed by atoms with E-state index < -0.39 is 87.3 Å². The number of halogens is 12. The van der Waals surface area contributed by atoms with E-state index in [9.17, 15) is 52.7 Å². The molecule has 0 radical (unpaired) electrons. The van der Waals surface area contributed by atoms with E-state index in [1.165, 1.54) is 12.1 Å². The maximum absolute atomic E-state index is 14.9. The molecule has 0 heterocycles. The normalized spacial score (nSPS) is 16.3. The zero-order valence-electron chi connectivity index (χ0n) is 24.6. The van der Waals surface area contributed by atoms with Crippen LogP contribution in [0.15, 0.2) is 66.0 Å². The minimum Gasteiger partial charge on any atom is -0.429 e. The van der Waals surface area contributed by atoms with E-state index in [4.69, 9.17) is 0 Å². The van der Waals surface area contributed by atoms with Gasteiger partial charge < -0.3 is 4.74 Å². The van der Waals surface area contributed by atoms with Gasteiger partial charge in [0.05, 0.1) is 11.1 Å². The Bertz CT molecular complexity index is 1840. The van der Waals surface area contributed by atoms with Crippen LogP contribution in [0.2, 0.25) is 0 Å². The summed E-state index contributed by atoms with van der Waals surface area (Å²) in [7, 11) is 0. The number of rotatable bonds is 7. The molecule has 4 rings (SSSR count). The van der Waals surface area contributed by atoms with Crippen LogP contribution in [-0.4, -0.2) is 12.3 Å². The number of benzene rings is 3. The molecule has 1 aliphatic carbocycles. The standard InChI is InChI=1S/C35H22F12O/c1-2-3-4-5-19-6-9-22(25(36)12-19)10-7-20-15-30(41)33(31(42)16-20)35(46,47)48-23-17-26(37)24(27(38)18-23)11-8-21-13-28(39)32(29(40)14-21)34(43,44)45/h6,9,12-18,28,32H,2-5H2,1H3. The molecule has 1 aliphatic rings. The molecule has 48 heavy (non-hydrogen) atoms. The highest BCUT2D eigenvalue weighted by molar-refractivity contribution is 5.50. The van der Waals surface area contributed by atoms with Crippen LogP contribution in [-0.2, 0) is 12.5 Å². The summed E-state index contributed by atoms with van der Waals surface area (Å²) in [4.78, 5) is 0. The SMILES string of the molecule is CCCCCc1ccc(C#Cc2cc(F)c(C(F)(F)Oc3cc(F)c(C#CC4=CC(F)C(C(F)(F)F)C(F)=C4)c(F)c3)c(F)c2)c(F)c1. The van der Waals surface area contributed by atoms with Crippen LogP contribution in [0.25, 0.3) is 0 Å². The van der Waals surface area contributed by atoms with Crippen molar-refractivity contribution in [3.05, 3.63) is 123 Å². The fourth-order valence-corrected chi connectivity index (χ4v) is 4.64. The second kappa shape index (κ2) is 14.5. The molecule has 0 saturated heterocycles. The van der Waals surface area contributed by atoms with Gasteiger partial charge in [-0.1, -0.05) is 49.5 Å². The summed E-state index contributed by atoms with van der Waals surface area (Å²) in [6.45, 7) is 2.02. The monoisotopic (exact) mass is 686 g/mol. The highest BCUT2D eigenvalue weighted by atomic mass is 19.4. The number of ether oxygens (including phenoxy) is 1. The lowest BCUT2D eigenvalue weighted by Crippen LogP contribution is -2.33. The predicted molar refractivity (Wildman–Crippen MR) is 151 cm³/mol. The summed E-state index contributed by atoms with van der Waals surface area (Å²) < 4.78 is 173. The smallest absolute Gasteiger partial charge is 0.429 e. The third-order valence-electron chi connectivity index (χ3n) is 6.97. The molecule has 0 N–H and O–H groups in total.